The van der Waals surface area contributed by atoms with Crippen molar-refractivity contribution >= 4 is 44.9 Å². The van der Waals surface area contributed by atoms with E-state index in [9.17, 15) is 28.2 Å². The molecule has 0 aliphatic rings. The van der Waals surface area contributed by atoms with Crippen LogP contribution in [0.2, 0.25) is 5.02 Å². The van der Waals surface area contributed by atoms with Crippen molar-refractivity contribution in [2.24, 2.45) is 5.14 Å². The van der Waals surface area contributed by atoms with Gasteiger partial charge in [0.2, 0.25) is 10.0 Å². The Kier molecular flexibility index (Phi) is 8.55. The molecule has 5 rings (SSSR count). The molecular weight excluding hydrogens is 572 g/mol. The Bertz CT molecular complexity index is 1740. The molecule has 2 aromatic heterocycles. The summed E-state index contributed by atoms with van der Waals surface area (Å²) >= 11 is 7.45. The number of benzene rings is 3. The first-order valence-corrected chi connectivity index (χ1v) is 14.5. The summed E-state index contributed by atoms with van der Waals surface area (Å²) in [5, 5.41) is 28.1. The molecule has 4 N–H and O–H groups in total. The monoisotopic (exact) mass is 594 g/mol. The van der Waals surface area contributed by atoms with E-state index in [-0.39, 0.29) is 21.6 Å². The number of hydrogen-bond acceptors (Lipinski definition) is 5. The summed E-state index contributed by atoms with van der Waals surface area (Å²) in [6.45, 7) is 1.48. The molecule has 0 fully saturated rings. The van der Waals surface area contributed by atoms with Crippen molar-refractivity contribution in [1.82, 2.24) is 4.57 Å². The number of aromatic nitrogens is 1. The van der Waals surface area contributed by atoms with Crippen LogP contribution in [0.4, 0.5) is 0 Å². The van der Waals surface area contributed by atoms with Gasteiger partial charge in [-0.1, -0.05) is 23.7 Å². The number of carbonyl (C=O) groups is 2. The molecule has 0 unspecified atom stereocenters. The number of nitrogens with zero attached hydrogens (tertiary/aromatic N) is 1. The van der Waals surface area contributed by atoms with Crippen molar-refractivity contribution < 1.29 is 28.2 Å². The Balaban J connectivity index is 0.000000185. The summed E-state index contributed by atoms with van der Waals surface area (Å²) in [5.74, 6) is -2.30. The molecule has 5 aromatic rings. The number of thiophene rings is 1. The average Bonchev–Trinajstić information content (AvgIpc) is 3.62. The SMILES string of the molecule is Cc1c(C(=O)O)cc(-c2ccc(Cl)cc2)cc1C(=O)O.NS(=O)(=O)c1ccc(-n2ccc(-c3ccsc3)c2)cc1. The Hall–Kier alpha value is -4.22. The third kappa shape index (κ3) is 6.67. The van der Waals surface area contributed by atoms with Crippen LogP contribution < -0.4 is 5.14 Å². The highest BCUT2D eigenvalue weighted by atomic mass is 35.5. The van der Waals surface area contributed by atoms with Gasteiger partial charge in [-0.05, 0) is 101 Å². The predicted octanol–water partition coefficient (Wildman–Crippen LogP) is 6.57. The fourth-order valence-electron chi connectivity index (χ4n) is 3.93. The molecule has 3 aromatic carbocycles. The van der Waals surface area contributed by atoms with Gasteiger partial charge in [0.15, 0.2) is 0 Å². The average molecular weight is 595 g/mol. The van der Waals surface area contributed by atoms with Crippen molar-refractivity contribution in [2.75, 3.05) is 0 Å². The lowest BCUT2D eigenvalue weighted by molar-refractivity contribution is 0.0696. The number of primary sulfonamides is 1. The number of nitrogens with two attached hydrogens (primary N) is 1. The third-order valence-corrected chi connectivity index (χ3v) is 7.92. The fourth-order valence-corrected chi connectivity index (χ4v) is 5.24. The number of carboxylic acids is 2. The molecule has 204 valence electrons. The van der Waals surface area contributed by atoms with Crippen LogP contribution in [0.15, 0.2) is 101 Å². The van der Waals surface area contributed by atoms with Crippen molar-refractivity contribution in [3.8, 4) is 27.9 Å². The highest BCUT2D eigenvalue weighted by Crippen LogP contribution is 2.27. The molecular formula is C29H23ClN2O6S2. The molecule has 0 saturated carbocycles. The van der Waals surface area contributed by atoms with E-state index >= 15 is 0 Å². The second-order valence-corrected chi connectivity index (χ2v) is 11.4. The lowest BCUT2D eigenvalue weighted by Crippen LogP contribution is -2.11. The molecule has 0 atom stereocenters. The van der Waals surface area contributed by atoms with Gasteiger partial charge in [-0.2, -0.15) is 11.3 Å². The minimum atomic E-state index is -3.64. The Morgan fingerprint density at radius 2 is 1.43 bits per heavy atom. The summed E-state index contributed by atoms with van der Waals surface area (Å²) in [5.41, 5.74) is 4.63. The van der Waals surface area contributed by atoms with Gasteiger partial charge in [0.05, 0.1) is 16.0 Å². The third-order valence-electron chi connectivity index (χ3n) is 6.06. The van der Waals surface area contributed by atoms with Gasteiger partial charge in [-0.3, -0.25) is 0 Å². The predicted molar refractivity (Wildman–Crippen MR) is 156 cm³/mol. The quantitative estimate of drug-likeness (QED) is 0.203. The largest absolute Gasteiger partial charge is 0.478 e. The second-order valence-electron chi connectivity index (χ2n) is 8.67. The zero-order valence-corrected chi connectivity index (χ0v) is 23.4. The molecule has 0 aliphatic carbocycles. The van der Waals surface area contributed by atoms with Crippen LogP contribution in [0.3, 0.4) is 0 Å². The van der Waals surface area contributed by atoms with E-state index in [0.29, 0.717) is 16.1 Å². The topological polar surface area (TPSA) is 140 Å². The van der Waals surface area contributed by atoms with Crippen LogP contribution in [0, 0.1) is 6.92 Å². The number of hydrogen-bond donors (Lipinski definition) is 3. The molecule has 0 bridgehead atoms. The first kappa shape index (κ1) is 28.8. The highest BCUT2D eigenvalue weighted by molar-refractivity contribution is 7.89. The lowest BCUT2D eigenvalue weighted by Gasteiger charge is -2.10. The maximum atomic E-state index is 11.2. The molecule has 11 heteroatoms. The first-order valence-electron chi connectivity index (χ1n) is 11.6. The van der Waals surface area contributed by atoms with Crippen LogP contribution in [0.5, 0.6) is 0 Å². The molecule has 2 heterocycles. The van der Waals surface area contributed by atoms with Gasteiger partial charge in [-0.15, -0.1) is 0 Å². The van der Waals surface area contributed by atoms with E-state index < -0.39 is 22.0 Å². The molecule has 0 radical (unpaired) electrons. The normalized spacial score (nSPS) is 11.0. The maximum Gasteiger partial charge on any atom is 0.335 e. The van der Waals surface area contributed by atoms with E-state index in [0.717, 1.165) is 11.3 Å². The van der Waals surface area contributed by atoms with E-state index in [1.165, 1.54) is 36.8 Å². The minimum absolute atomic E-state index is 0.0187. The number of sulfonamides is 1. The molecule has 0 amide bonds. The second kappa shape index (κ2) is 11.9. The first-order chi connectivity index (χ1) is 18.9. The Labute approximate surface area is 239 Å². The zero-order valence-electron chi connectivity index (χ0n) is 21.0. The smallest absolute Gasteiger partial charge is 0.335 e. The van der Waals surface area contributed by atoms with Crippen LogP contribution in [0.25, 0.3) is 27.9 Å². The highest BCUT2D eigenvalue weighted by Gasteiger charge is 2.17. The molecule has 8 nitrogen and oxygen atoms in total. The number of carboxylic acid groups (broad SMARTS) is 2. The van der Waals surface area contributed by atoms with Crippen molar-refractivity contribution in [3.63, 3.8) is 0 Å². The summed E-state index contributed by atoms with van der Waals surface area (Å²) in [4.78, 5) is 22.6. The van der Waals surface area contributed by atoms with E-state index in [4.69, 9.17) is 16.7 Å². The zero-order chi connectivity index (χ0) is 29.0. The van der Waals surface area contributed by atoms with Crippen LogP contribution >= 0.6 is 22.9 Å². The van der Waals surface area contributed by atoms with Crippen LogP contribution in [-0.4, -0.2) is 35.1 Å². The van der Waals surface area contributed by atoms with Crippen molar-refractivity contribution in [1.29, 1.82) is 0 Å². The van der Waals surface area contributed by atoms with E-state index in [2.05, 4.69) is 11.4 Å². The van der Waals surface area contributed by atoms with Crippen molar-refractivity contribution in [2.45, 2.75) is 11.8 Å². The fraction of sp³-hybridized carbons (Fsp3) is 0.0345. The summed E-state index contributed by atoms with van der Waals surface area (Å²) < 4.78 is 24.4. The lowest BCUT2D eigenvalue weighted by atomic mass is 9.95. The summed E-state index contributed by atoms with van der Waals surface area (Å²) in [6, 6.07) is 20.3. The standard InChI is InChI=1S/C15H11ClO4.C14H12N2O2S2/c1-8-12(14(17)18)6-10(7-13(8)15(19)20)9-2-4-11(16)5-3-9;15-20(17,18)14-3-1-13(2-4-14)16-7-5-11(9-16)12-6-8-19-10-12/h2-7H,1H3,(H,17,18)(H,19,20);1-10H,(H2,15,17,18). The van der Waals surface area contributed by atoms with Crippen LogP contribution in [0.1, 0.15) is 26.3 Å². The van der Waals surface area contributed by atoms with E-state index in [1.807, 2.05) is 28.4 Å². The van der Waals surface area contributed by atoms with Crippen molar-refractivity contribution in [3.05, 3.63) is 118 Å². The number of halogens is 1. The molecule has 0 saturated heterocycles. The summed E-state index contributed by atoms with van der Waals surface area (Å²) in [6.07, 6.45) is 3.95. The van der Waals surface area contributed by atoms with E-state index in [1.54, 1.807) is 47.7 Å². The number of aromatic carboxylic acids is 2. The molecule has 0 spiro atoms. The van der Waals surface area contributed by atoms with Crippen LogP contribution in [-0.2, 0) is 10.0 Å². The van der Waals surface area contributed by atoms with Gasteiger partial charge in [0.1, 0.15) is 0 Å². The summed E-state index contributed by atoms with van der Waals surface area (Å²) in [7, 11) is -3.64. The van der Waals surface area contributed by atoms with Gasteiger partial charge < -0.3 is 14.8 Å². The maximum absolute atomic E-state index is 11.2. The number of rotatable bonds is 6. The van der Waals surface area contributed by atoms with Gasteiger partial charge in [0.25, 0.3) is 0 Å². The Morgan fingerprint density at radius 3 is 1.93 bits per heavy atom. The van der Waals surface area contributed by atoms with Gasteiger partial charge >= 0.3 is 11.9 Å². The van der Waals surface area contributed by atoms with Gasteiger partial charge in [0, 0.05) is 28.7 Å². The van der Waals surface area contributed by atoms with Gasteiger partial charge in [-0.25, -0.2) is 23.1 Å². The Morgan fingerprint density at radius 1 is 0.825 bits per heavy atom. The molecule has 40 heavy (non-hydrogen) atoms. The molecule has 0 aliphatic heterocycles. The minimum Gasteiger partial charge on any atom is -0.478 e.